The van der Waals surface area contributed by atoms with Gasteiger partial charge in [0.05, 0.1) is 5.02 Å². The molecule has 0 aliphatic rings. The molecule has 0 N–H and O–H groups in total. The third-order valence-corrected chi connectivity index (χ3v) is 6.67. The summed E-state index contributed by atoms with van der Waals surface area (Å²) in [6, 6.07) is 14.9. The molecule has 5 heteroatoms. The van der Waals surface area contributed by atoms with Crippen LogP contribution in [-0.2, 0) is 10.8 Å². The van der Waals surface area contributed by atoms with E-state index in [1.807, 2.05) is 36.4 Å². The average molecular weight is 505 g/mol. The highest BCUT2D eigenvalue weighted by Crippen LogP contribution is 2.42. The molecule has 0 radical (unpaired) electrons. The van der Waals surface area contributed by atoms with Gasteiger partial charge in [-0.15, -0.1) is 0 Å². The van der Waals surface area contributed by atoms with E-state index in [4.69, 9.17) is 11.6 Å². The van der Waals surface area contributed by atoms with E-state index in [1.165, 1.54) is 12.3 Å². The van der Waals surface area contributed by atoms with E-state index in [1.54, 1.807) is 19.2 Å². The molecule has 2 nitrogen and oxygen atoms in total. The first-order valence-corrected chi connectivity index (χ1v) is 12.4. The Morgan fingerprint density at radius 3 is 1.69 bits per heavy atom. The zero-order chi connectivity index (χ0) is 26.4. The van der Waals surface area contributed by atoms with Crippen molar-refractivity contribution in [2.75, 3.05) is 0 Å². The van der Waals surface area contributed by atoms with Crippen LogP contribution in [-0.4, -0.2) is 9.97 Å². The van der Waals surface area contributed by atoms with Crippen LogP contribution in [0.1, 0.15) is 58.2 Å². The molecule has 2 aromatic carbocycles. The van der Waals surface area contributed by atoms with Crippen molar-refractivity contribution < 1.29 is 8.78 Å². The van der Waals surface area contributed by atoms with Gasteiger partial charge in [-0.1, -0.05) is 77.4 Å². The van der Waals surface area contributed by atoms with Crippen LogP contribution in [0.4, 0.5) is 8.78 Å². The van der Waals surface area contributed by atoms with Gasteiger partial charge in [0.25, 0.3) is 0 Å². The number of pyridine rings is 2. The molecule has 4 rings (SSSR count). The van der Waals surface area contributed by atoms with Crippen LogP contribution in [0.2, 0.25) is 5.02 Å². The monoisotopic (exact) mass is 504 g/mol. The number of nitrogens with zero attached hydrogens (tertiary/aromatic N) is 2. The van der Waals surface area contributed by atoms with Crippen LogP contribution >= 0.6 is 11.6 Å². The van der Waals surface area contributed by atoms with Crippen LogP contribution in [0.3, 0.4) is 0 Å². The Bertz CT molecular complexity index is 1450. The van der Waals surface area contributed by atoms with Crippen molar-refractivity contribution in [1.29, 1.82) is 0 Å². The van der Waals surface area contributed by atoms with Crippen LogP contribution in [0, 0.1) is 18.6 Å². The zero-order valence-corrected chi connectivity index (χ0v) is 22.6. The fourth-order valence-electron chi connectivity index (χ4n) is 4.22. The molecular weight excluding hydrogens is 474 g/mol. The van der Waals surface area contributed by atoms with E-state index in [-0.39, 0.29) is 33.1 Å². The van der Waals surface area contributed by atoms with Gasteiger partial charge in [-0.25, -0.2) is 8.78 Å². The molecule has 186 valence electrons. The fourth-order valence-corrected chi connectivity index (χ4v) is 4.37. The van der Waals surface area contributed by atoms with Crippen molar-refractivity contribution in [2.24, 2.45) is 0 Å². The Morgan fingerprint density at radius 1 is 0.667 bits per heavy atom. The highest BCUT2D eigenvalue weighted by molar-refractivity contribution is 6.30. The first kappa shape index (κ1) is 26.0. The number of aromatic nitrogens is 2. The Kier molecular flexibility index (Phi) is 6.78. The molecule has 0 bridgehead atoms. The second-order valence-electron chi connectivity index (χ2n) is 11.3. The Labute approximate surface area is 217 Å². The fraction of sp³-hybridized carbons (Fsp3) is 0.290. The molecule has 0 aliphatic carbocycles. The maximum Gasteiger partial charge on any atom is 0.152 e. The molecule has 0 atom stereocenters. The summed E-state index contributed by atoms with van der Waals surface area (Å²) in [6.45, 7) is 14.4. The van der Waals surface area contributed by atoms with E-state index in [0.29, 0.717) is 16.7 Å². The molecule has 0 saturated heterocycles. The Hall–Kier alpha value is -3.11. The molecule has 0 saturated carbocycles. The lowest BCUT2D eigenvalue weighted by atomic mass is 9.81. The number of halogens is 3. The van der Waals surface area contributed by atoms with Gasteiger partial charge in [-0.05, 0) is 69.8 Å². The first-order chi connectivity index (χ1) is 16.8. The molecule has 0 aliphatic heterocycles. The predicted octanol–water partition coefficient (Wildman–Crippen LogP) is 9.31. The minimum absolute atomic E-state index is 0.156. The van der Waals surface area contributed by atoms with E-state index in [9.17, 15) is 0 Å². The predicted molar refractivity (Wildman–Crippen MR) is 145 cm³/mol. The highest BCUT2D eigenvalue weighted by atomic mass is 35.5. The number of hydrogen-bond acceptors (Lipinski definition) is 2. The Balaban J connectivity index is 2.09. The van der Waals surface area contributed by atoms with Gasteiger partial charge in [0, 0.05) is 23.5 Å². The summed E-state index contributed by atoms with van der Waals surface area (Å²) in [7, 11) is 0. The lowest BCUT2D eigenvalue weighted by molar-refractivity contribution is 0.589. The summed E-state index contributed by atoms with van der Waals surface area (Å²) in [4.78, 5) is 8.78. The number of hydrogen-bond donors (Lipinski definition) is 0. The summed E-state index contributed by atoms with van der Waals surface area (Å²) in [5, 5.41) is 0.228. The average Bonchev–Trinajstić information content (AvgIpc) is 2.79. The van der Waals surface area contributed by atoms with E-state index in [2.05, 4.69) is 51.5 Å². The van der Waals surface area contributed by atoms with Gasteiger partial charge in [-0.3, -0.25) is 9.97 Å². The quantitative estimate of drug-likeness (QED) is 0.278. The van der Waals surface area contributed by atoms with Gasteiger partial charge in [0.2, 0.25) is 0 Å². The minimum atomic E-state index is -0.512. The van der Waals surface area contributed by atoms with Gasteiger partial charge in [0.1, 0.15) is 11.4 Å². The third-order valence-electron chi connectivity index (χ3n) is 6.46. The molecule has 2 aromatic heterocycles. The molecule has 4 aromatic rings. The zero-order valence-electron chi connectivity index (χ0n) is 21.8. The van der Waals surface area contributed by atoms with Gasteiger partial charge in [-0.2, -0.15) is 0 Å². The molecule has 0 amide bonds. The summed E-state index contributed by atoms with van der Waals surface area (Å²) >= 11 is 6.01. The SMILES string of the molecule is Cc1ccnc(-c2cc(C(C)(C)C)ccc2-c2ccc(C(C)(C)C)cc2-c2ncc(Cl)cc2F)c1F. The summed E-state index contributed by atoms with van der Waals surface area (Å²) in [5.74, 6) is -0.879. The summed E-state index contributed by atoms with van der Waals surface area (Å²) in [5.41, 5.74) is 5.52. The summed E-state index contributed by atoms with van der Waals surface area (Å²) < 4.78 is 30.6. The molecular formula is C31H31ClF2N2. The smallest absolute Gasteiger partial charge is 0.152 e. The van der Waals surface area contributed by atoms with Gasteiger partial charge >= 0.3 is 0 Å². The van der Waals surface area contributed by atoms with Crippen molar-refractivity contribution in [3.63, 3.8) is 0 Å². The lowest BCUT2D eigenvalue weighted by Crippen LogP contribution is -2.12. The summed E-state index contributed by atoms with van der Waals surface area (Å²) in [6.07, 6.45) is 3.06. The van der Waals surface area contributed by atoms with Crippen LogP contribution < -0.4 is 0 Å². The lowest BCUT2D eigenvalue weighted by Gasteiger charge is -2.24. The first-order valence-electron chi connectivity index (χ1n) is 12.0. The minimum Gasteiger partial charge on any atom is -0.253 e. The van der Waals surface area contributed by atoms with Gasteiger partial charge < -0.3 is 0 Å². The molecule has 0 unspecified atom stereocenters. The number of benzene rings is 2. The third kappa shape index (κ3) is 5.05. The van der Waals surface area contributed by atoms with Crippen LogP contribution in [0.25, 0.3) is 33.6 Å². The van der Waals surface area contributed by atoms with Crippen molar-refractivity contribution in [2.45, 2.75) is 59.3 Å². The molecule has 0 fully saturated rings. The van der Waals surface area contributed by atoms with Crippen LogP contribution in [0.15, 0.2) is 60.9 Å². The topological polar surface area (TPSA) is 25.8 Å². The van der Waals surface area contributed by atoms with E-state index < -0.39 is 5.82 Å². The second-order valence-corrected chi connectivity index (χ2v) is 11.7. The second kappa shape index (κ2) is 9.40. The largest absolute Gasteiger partial charge is 0.253 e. The molecule has 36 heavy (non-hydrogen) atoms. The van der Waals surface area contributed by atoms with Crippen LogP contribution in [0.5, 0.6) is 0 Å². The maximum absolute atomic E-state index is 15.4. The normalized spacial score (nSPS) is 12.2. The van der Waals surface area contributed by atoms with Crippen molar-refractivity contribution in [1.82, 2.24) is 9.97 Å². The van der Waals surface area contributed by atoms with Crippen molar-refractivity contribution >= 4 is 11.6 Å². The van der Waals surface area contributed by atoms with E-state index >= 15 is 8.78 Å². The standard InChI is InChI=1S/C31H31ClF2N2/c1-18-12-13-35-29(27(18)34)25-15-20(31(5,6)7)9-11-23(25)22-10-8-19(30(2,3)4)14-24(22)28-26(33)16-21(32)17-36-28/h8-17H,1-7H3. The molecule has 0 spiro atoms. The van der Waals surface area contributed by atoms with Gasteiger partial charge in [0.15, 0.2) is 11.6 Å². The Morgan fingerprint density at radius 2 is 1.19 bits per heavy atom. The number of aryl methyl sites for hydroxylation is 1. The maximum atomic E-state index is 15.4. The van der Waals surface area contributed by atoms with Crippen molar-refractivity contribution in [3.8, 4) is 33.6 Å². The highest BCUT2D eigenvalue weighted by Gasteiger charge is 2.24. The van der Waals surface area contributed by atoms with Crippen molar-refractivity contribution in [3.05, 3.63) is 94.3 Å². The van der Waals surface area contributed by atoms with E-state index in [0.717, 1.165) is 22.3 Å². The molecule has 2 heterocycles. The number of rotatable bonds is 3.